The summed E-state index contributed by atoms with van der Waals surface area (Å²) in [6, 6.07) is 8.87. The number of nitrogens with zero attached hydrogens (tertiary/aromatic N) is 1. The molecule has 0 saturated heterocycles. The highest BCUT2D eigenvalue weighted by Gasteiger charge is 2.29. The van der Waals surface area contributed by atoms with Crippen molar-refractivity contribution in [2.45, 2.75) is 19.3 Å². The van der Waals surface area contributed by atoms with Crippen molar-refractivity contribution in [1.82, 2.24) is 10.2 Å². The molecule has 0 aliphatic carbocycles. The maximum absolute atomic E-state index is 13.3. The van der Waals surface area contributed by atoms with Crippen molar-refractivity contribution < 1.29 is 23.5 Å². The largest absolute Gasteiger partial charge is 0.482 e. The van der Waals surface area contributed by atoms with Gasteiger partial charge in [0.2, 0.25) is 5.91 Å². The number of aryl methyl sites for hydroxylation is 1. The molecular formula is C23H23ClFN3O4. The first-order valence-electron chi connectivity index (χ1n) is 9.85. The number of halogens is 2. The molecule has 1 aliphatic heterocycles. The highest BCUT2D eigenvalue weighted by Crippen LogP contribution is 2.34. The Kier molecular flexibility index (Phi) is 7.15. The number of benzene rings is 2. The summed E-state index contributed by atoms with van der Waals surface area (Å²) in [6.45, 7) is 1.57. The van der Waals surface area contributed by atoms with E-state index in [4.69, 9.17) is 16.3 Å². The Morgan fingerprint density at radius 3 is 2.59 bits per heavy atom. The molecule has 0 saturated carbocycles. The van der Waals surface area contributed by atoms with Gasteiger partial charge in [-0.2, -0.15) is 0 Å². The maximum Gasteiger partial charge on any atom is 0.259 e. The van der Waals surface area contributed by atoms with E-state index in [0.29, 0.717) is 27.4 Å². The van der Waals surface area contributed by atoms with Crippen LogP contribution in [-0.4, -0.2) is 43.3 Å². The van der Waals surface area contributed by atoms with Gasteiger partial charge in [-0.25, -0.2) is 4.39 Å². The van der Waals surface area contributed by atoms with Crippen LogP contribution < -0.4 is 15.4 Å². The van der Waals surface area contributed by atoms with E-state index < -0.39 is 17.6 Å². The van der Waals surface area contributed by atoms with E-state index in [-0.39, 0.29) is 30.6 Å². The summed E-state index contributed by atoms with van der Waals surface area (Å²) >= 11 is 6.23. The predicted molar refractivity (Wildman–Crippen MR) is 119 cm³/mol. The van der Waals surface area contributed by atoms with Gasteiger partial charge in [0.1, 0.15) is 11.6 Å². The van der Waals surface area contributed by atoms with Crippen molar-refractivity contribution in [1.29, 1.82) is 0 Å². The lowest BCUT2D eigenvalue weighted by Crippen LogP contribution is -2.32. The van der Waals surface area contributed by atoms with E-state index in [1.807, 2.05) is 0 Å². The molecule has 0 fully saturated rings. The van der Waals surface area contributed by atoms with Crippen LogP contribution in [0.25, 0.3) is 0 Å². The molecule has 1 heterocycles. The van der Waals surface area contributed by atoms with Crippen LogP contribution in [0.2, 0.25) is 5.02 Å². The third kappa shape index (κ3) is 5.45. The summed E-state index contributed by atoms with van der Waals surface area (Å²) in [5.41, 5.74) is 2.12. The number of likely N-dealkylation sites (N-methyl/N-ethyl adjacent to an activating group) is 1. The Morgan fingerprint density at radius 1 is 1.25 bits per heavy atom. The molecule has 1 unspecified atom stereocenters. The molecule has 9 heteroatoms. The topological polar surface area (TPSA) is 87.7 Å². The van der Waals surface area contributed by atoms with Crippen molar-refractivity contribution in [2.75, 3.05) is 26.0 Å². The van der Waals surface area contributed by atoms with Crippen molar-refractivity contribution in [2.24, 2.45) is 0 Å². The predicted octanol–water partition coefficient (Wildman–Crippen LogP) is 3.38. The first-order chi connectivity index (χ1) is 15.2. The second kappa shape index (κ2) is 9.82. The molecule has 0 spiro atoms. The molecule has 7 nitrogen and oxygen atoms in total. The summed E-state index contributed by atoms with van der Waals surface area (Å²) in [5, 5.41) is 5.69. The van der Waals surface area contributed by atoms with Crippen LogP contribution in [0, 0.1) is 12.7 Å². The van der Waals surface area contributed by atoms with Gasteiger partial charge < -0.3 is 20.3 Å². The van der Waals surface area contributed by atoms with Crippen LogP contribution in [0.3, 0.4) is 0 Å². The molecule has 0 aromatic heterocycles. The van der Waals surface area contributed by atoms with Gasteiger partial charge >= 0.3 is 0 Å². The Bertz CT molecular complexity index is 1080. The van der Waals surface area contributed by atoms with Gasteiger partial charge in [-0.1, -0.05) is 23.7 Å². The van der Waals surface area contributed by atoms with Crippen LogP contribution in [0.5, 0.6) is 5.75 Å². The molecule has 168 valence electrons. The van der Waals surface area contributed by atoms with Crippen molar-refractivity contribution in [3.63, 3.8) is 0 Å². The van der Waals surface area contributed by atoms with Gasteiger partial charge in [-0.05, 0) is 36.2 Å². The number of nitrogens with one attached hydrogen (secondary N) is 2. The van der Waals surface area contributed by atoms with Gasteiger partial charge in [-0.3, -0.25) is 14.4 Å². The normalized spacial score (nSPS) is 15.5. The van der Waals surface area contributed by atoms with E-state index >= 15 is 0 Å². The second-order valence-electron chi connectivity index (χ2n) is 7.60. The zero-order chi connectivity index (χ0) is 23.4. The smallest absolute Gasteiger partial charge is 0.259 e. The third-order valence-electron chi connectivity index (χ3n) is 5.07. The highest BCUT2D eigenvalue weighted by molar-refractivity contribution is 6.32. The van der Waals surface area contributed by atoms with E-state index in [2.05, 4.69) is 10.6 Å². The van der Waals surface area contributed by atoms with Crippen molar-refractivity contribution in [3.8, 4) is 5.75 Å². The molecule has 0 bridgehead atoms. The second-order valence-corrected chi connectivity index (χ2v) is 8.01. The molecule has 32 heavy (non-hydrogen) atoms. The number of rotatable bonds is 6. The minimum atomic E-state index is -0.523. The lowest BCUT2D eigenvalue weighted by molar-refractivity contribution is -0.130. The lowest BCUT2D eigenvalue weighted by atomic mass is 9.86. The molecule has 2 aromatic carbocycles. The monoisotopic (exact) mass is 459 g/mol. The molecule has 1 aliphatic rings. The number of hydrogen-bond acceptors (Lipinski definition) is 4. The average molecular weight is 460 g/mol. The minimum Gasteiger partial charge on any atom is -0.482 e. The van der Waals surface area contributed by atoms with Gasteiger partial charge in [0.15, 0.2) is 6.61 Å². The average Bonchev–Trinajstić information content (AvgIpc) is 2.74. The first kappa shape index (κ1) is 23.3. The standard InChI is InChI=1S/C23H23ClFN3O4/c1-13-8-18(24)20(32-12-22(30)28(2)3)10-19(13)27-23(31)17-11-26-21(29)9-16(17)14-4-6-15(25)7-5-14/h4-8,10-11,16H,9,12H2,1-3H3,(H,26,29)(H,27,31). The maximum atomic E-state index is 13.3. The number of carbonyl (C=O) groups excluding carboxylic acids is 3. The fourth-order valence-corrected chi connectivity index (χ4v) is 3.46. The highest BCUT2D eigenvalue weighted by atomic mass is 35.5. The molecule has 1 atom stereocenters. The van der Waals surface area contributed by atoms with Crippen LogP contribution in [-0.2, 0) is 14.4 Å². The molecule has 0 radical (unpaired) electrons. The Morgan fingerprint density at radius 2 is 1.94 bits per heavy atom. The number of anilines is 1. The van der Waals surface area contributed by atoms with Gasteiger partial charge in [0.25, 0.3) is 11.8 Å². The zero-order valence-electron chi connectivity index (χ0n) is 17.9. The quantitative estimate of drug-likeness (QED) is 0.693. The van der Waals surface area contributed by atoms with E-state index in [9.17, 15) is 18.8 Å². The van der Waals surface area contributed by atoms with Crippen LogP contribution >= 0.6 is 11.6 Å². The fourth-order valence-electron chi connectivity index (χ4n) is 3.19. The van der Waals surface area contributed by atoms with Crippen LogP contribution in [0.15, 0.2) is 48.2 Å². The number of ether oxygens (including phenoxy) is 1. The number of amides is 3. The summed E-state index contributed by atoms with van der Waals surface area (Å²) in [4.78, 5) is 38.2. The minimum absolute atomic E-state index is 0.0610. The van der Waals surface area contributed by atoms with Crippen molar-refractivity contribution >= 4 is 35.0 Å². The number of carbonyl (C=O) groups is 3. The van der Waals surface area contributed by atoms with Crippen molar-refractivity contribution in [3.05, 3.63) is 70.1 Å². The third-order valence-corrected chi connectivity index (χ3v) is 5.36. The van der Waals surface area contributed by atoms with Gasteiger partial charge in [0.05, 0.1) is 5.02 Å². The summed E-state index contributed by atoms with van der Waals surface area (Å²) in [6.07, 6.45) is 1.43. The van der Waals surface area contributed by atoms with E-state index in [1.165, 1.54) is 23.2 Å². The summed E-state index contributed by atoms with van der Waals surface area (Å²) < 4.78 is 18.8. The molecular weight excluding hydrogens is 437 g/mol. The summed E-state index contributed by atoms with van der Waals surface area (Å²) in [5.74, 6) is -1.58. The zero-order valence-corrected chi connectivity index (χ0v) is 18.6. The molecule has 2 N–H and O–H groups in total. The van der Waals surface area contributed by atoms with Gasteiger partial charge in [-0.15, -0.1) is 0 Å². The van der Waals surface area contributed by atoms with E-state index in [1.54, 1.807) is 45.3 Å². The molecule has 3 rings (SSSR count). The SMILES string of the molecule is Cc1cc(Cl)c(OCC(=O)N(C)C)cc1NC(=O)C1=CNC(=O)CC1c1ccc(F)cc1. The Hall–Kier alpha value is -3.39. The van der Waals surface area contributed by atoms with E-state index in [0.717, 1.165) is 0 Å². The Labute approximate surface area is 190 Å². The fraction of sp³-hybridized carbons (Fsp3) is 0.261. The Balaban J connectivity index is 1.83. The van der Waals surface area contributed by atoms with Crippen LogP contribution in [0.1, 0.15) is 23.5 Å². The summed E-state index contributed by atoms with van der Waals surface area (Å²) in [7, 11) is 3.23. The van der Waals surface area contributed by atoms with Crippen LogP contribution in [0.4, 0.5) is 10.1 Å². The van der Waals surface area contributed by atoms with Gasteiger partial charge in [0, 0.05) is 50.0 Å². The number of hydrogen-bond donors (Lipinski definition) is 2. The lowest BCUT2D eigenvalue weighted by Gasteiger charge is -2.24. The first-order valence-corrected chi connectivity index (χ1v) is 10.2. The molecule has 2 aromatic rings. The molecule has 3 amide bonds.